The van der Waals surface area contributed by atoms with Crippen LogP contribution < -0.4 is 9.64 Å². The first-order valence-electron chi connectivity index (χ1n) is 10.5. The first-order valence-corrected chi connectivity index (χ1v) is 12.2. The van der Waals surface area contributed by atoms with Crippen molar-refractivity contribution in [2.24, 2.45) is 0 Å². The number of amides is 1. The number of ketones is 1. The van der Waals surface area contributed by atoms with Crippen molar-refractivity contribution in [2.45, 2.75) is 26.3 Å². The van der Waals surface area contributed by atoms with Gasteiger partial charge in [-0.25, -0.2) is 9.78 Å². The summed E-state index contributed by atoms with van der Waals surface area (Å²) in [6.45, 7) is 4.20. The topological polar surface area (TPSA) is 106 Å². The smallest absolute Gasteiger partial charge is 0.350 e. The number of thiazole rings is 1. The van der Waals surface area contributed by atoms with E-state index in [1.54, 1.807) is 43.3 Å². The molecule has 0 aliphatic carbocycles. The lowest BCUT2D eigenvalue weighted by Crippen LogP contribution is -2.29. The van der Waals surface area contributed by atoms with Crippen molar-refractivity contribution in [2.75, 3.05) is 18.6 Å². The Bertz CT molecular complexity index is 1260. The maximum atomic E-state index is 13.2. The first-order chi connectivity index (χ1) is 16.4. The predicted octanol–water partition coefficient (Wildman–Crippen LogP) is 4.71. The minimum absolute atomic E-state index is 0.0397. The van der Waals surface area contributed by atoms with Crippen molar-refractivity contribution >= 4 is 51.2 Å². The number of hydrogen-bond donors (Lipinski definition) is 1. The molecule has 8 nitrogen and oxygen atoms in total. The van der Waals surface area contributed by atoms with E-state index in [0.29, 0.717) is 28.5 Å². The number of carbonyl (C=O) groups is 3. The summed E-state index contributed by atoms with van der Waals surface area (Å²) in [5.41, 5.74) is 0.734. The molecule has 3 heterocycles. The van der Waals surface area contributed by atoms with Crippen LogP contribution in [0.25, 0.3) is 5.76 Å². The molecular weight excluding hydrogens is 476 g/mol. The number of carbonyl (C=O) groups excluding carboxylic acids is 3. The van der Waals surface area contributed by atoms with Gasteiger partial charge >= 0.3 is 11.9 Å². The van der Waals surface area contributed by atoms with E-state index in [-0.39, 0.29) is 21.3 Å². The standard InChI is InChI=1S/C24H22N2O6S2/c1-4-11-32-15-9-7-14(8-10-15)19(27)17-18(16-6-5-12-33-16)26(22(29)20(17)28)24-25-13(2)21(34-24)23(30)31-3/h5-10,12,18,27H,4,11H2,1-3H3. The summed E-state index contributed by atoms with van der Waals surface area (Å²) in [7, 11) is 1.26. The zero-order valence-electron chi connectivity index (χ0n) is 18.7. The molecule has 2 aromatic heterocycles. The minimum Gasteiger partial charge on any atom is -0.507 e. The highest BCUT2D eigenvalue weighted by Gasteiger charge is 2.48. The number of aromatic nitrogens is 1. The van der Waals surface area contributed by atoms with E-state index >= 15 is 0 Å². The van der Waals surface area contributed by atoms with Crippen LogP contribution in [-0.2, 0) is 14.3 Å². The second-order valence-electron chi connectivity index (χ2n) is 7.46. The molecular formula is C24H22N2O6S2. The first kappa shape index (κ1) is 23.7. The Morgan fingerprint density at radius 3 is 2.56 bits per heavy atom. The molecule has 0 saturated carbocycles. The highest BCUT2D eigenvalue weighted by Crippen LogP contribution is 2.45. The van der Waals surface area contributed by atoms with Crippen molar-refractivity contribution in [1.29, 1.82) is 0 Å². The summed E-state index contributed by atoms with van der Waals surface area (Å²) < 4.78 is 10.4. The third kappa shape index (κ3) is 4.22. The number of ether oxygens (including phenoxy) is 2. The molecule has 0 spiro atoms. The van der Waals surface area contributed by atoms with Gasteiger partial charge in [0.05, 0.1) is 25.0 Å². The third-order valence-corrected chi connectivity index (χ3v) is 7.28. The number of benzene rings is 1. The molecule has 1 atom stereocenters. The Labute approximate surface area is 204 Å². The molecule has 1 aliphatic rings. The lowest BCUT2D eigenvalue weighted by molar-refractivity contribution is -0.132. The molecule has 0 bridgehead atoms. The van der Waals surface area contributed by atoms with Crippen LogP contribution in [-0.4, -0.2) is 41.5 Å². The van der Waals surface area contributed by atoms with E-state index in [1.165, 1.54) is 23.3 Å². The fourth-order valence-corrected chi connectivity index (χ4v) is 5.43. The normalized spacial score (nSPS) is 17.3. The highest BCUT2D eigenvalue weighted by atomic mass is 32.1. The Morgan fingerprint density at radius 1 is 1.21 bits per heavy atom. The van der Waals surface area contributed by atoms with Gasteiger partial charge in [0.2, 0.25) is 0 Å². The number of thiophene rings is 1. The Hall–Kier alpha value is -3.50. The summed E-state index contributed by atoms with van der Waals surface area (Å²) in [4.78, 5) is 44.9. The van der Waals surface area contributed by atoms with Crippen LogP contribution in [0.15, 0.2) is 47.4 Å². The van der Waals surface area contributed by atoms with Gasteiger partial charge in [-0.2, -0.15) is 0 Å². The number of Topliss-reactive ketones (excluding diaryl/α,β-unsaturated/α-hetero) is 1. The molecule has 10 heteroatoms. The van der Waals surface area contributed by atoms with Crippen LogP contribution in [0.1, 0.15) is 45.2 Å². The van der Waals surface area contributed by atoms with Crippen molar-refractivity contribution in [3.8, 4) is 5.75 Å². The van der Waals surface area contributed by atoms with Crippen molar-refractivity contribution in [1.82, 2.24) is 4.98 Å². The molecule has 1 fully saturated rings. The number of hydrogen-bond acceptors (Lipinski definition) is 9. The quantitative estimate of drug-likeness (QED) is 0.218. The number of aryl methyl sites for hydroxylation is 1. The van der Waals surface area contributed by atoms with Crippen molar-refractivity contribution < 1.29 is 29.0 Å². The number of anilines is 1. The average Bonchev–Trinajstić information content (AvgIpc) is 3.56. The SMILES string of the molecule is CCCOc1ccc(C(O)=C2C(=O)C(=O)N(c3nc(C)c(C(=O)OC)s3)C2c2cccs2)cc1. The van der Waals surface area contributed by atoms with Gasteiger partial charge in [-0.05, 0) is 49.1 Å². The molecule has 4 rings (SSSR count). The molecule has 1 unspecified atom stereocenters. The van der Waals surface area contributed by atoms with E-state index in [9.17, 15) is 19.5 Å². The zero-order valence-corrected chi connectivity index (χ0v) is 20.4. The van der Waals surface area contributed by atoms with Crippen LogP contribution >= 0.6 is 22.7 Å². The molecule has 1 N–H and O–H groups in total. The van der Waals surface area contributed by atoms with E-state index in [1.807, 2.05) is 12.3 Å². The van der Waals surface area contributed by atoms with E-state index in [2.05, 4.69) is 4.98 Å². The van der Waals surface area contributed by atoms with Gasteiger partial charge in [-0.15, -0.1) is 11.3 Å². The summed E-state index contributed by atoms with van der Waals surface area (Å²) in [5, 5.41) is 13.2. The summed E-state index contributed by atoms with van der Waals surface area (Å²) >= 11 is 2.31. The summed E-state index contributed by atoms with van der Waals surface area (Å²) in [6.07, 6.45) is 0.861. The highest BCUT2D eigenvalue weighted by molar-refractivity contribution is 7.18. The maximum absolute atomic E-state index is 13.2. The molecule has 1 aromatic carbocycles. The number of esters is 1. The predicted molar refractivity (Wildman–Crippen MR) is 130 cm³/mol. The van der Waals surface area contributed by atoms with Gasteiger partial charge in [-0.3, -0.25) is 14.5 Å². The van der Waals surface area contributed by atoms with Crippen LogP contribution in [0.5, 0.6) is 5.75 Å². The van der Waals surface area contributed by atoms with Gasteiger partial charge in [0.1, 0.15) is 22.4 Å². The average molecular weight is 499 g/mol. The maximum Gasteiger partial charge on any atom is 0.350 e. The minimum atomic E-state index is -0.882. The lowest BCUT2D eigenvalue weighted by atomic mass is 10.00. The lowest BCUT2D eigenvalue weighted by Gasteiger charge is -2.21. The van der Waals surface area contributed by atoms with Gasteiger partial charge in [0, 0.05) is 10.4 Å². The number of methoxy groups -OCH3 is 1. The van der Waals surface area contributed by atoms with Gasteiger partial charge in [-0.1, -0.05) is 24.3 Å². The third-order valence-electron chi connectivity index (χ3n) is 5.22. The molecule has 0 radical (unpaired) electrons. The Morgan fingerprint density at radius 2 is 1.94 bits per heavy atom. The molecule has 176 valence electrons. The van der Waals surface area contributed by atoms with E-state index in [4.69, 9.17) is 9.47 Å². The van der Waals surface area contributed by atoms with Gasteiger partial charge in [0.15, 0.2) is 5.13 Å². The summed E-state index contributed by atoms with van der Waals surface area (Å²) in [5.74, 6) is -1.87. The Kier molecular flexibility index (Phi) is 6.80. The second kappa shape index (κ2) is 9.78. The fourth-order valence-electron chi connectivity index (χ4n) is 3.60. The zero-order chi connectivity index (χ0) is 24.4. The second-order valence-corrected chi connectivity index (χ2v) is 9.42. The van der Waals surface area contributed by atoms with Crippen LogP contribution in [0, 0.1) is 6.92 Å². The number of rotatable bonds is 7. The van der Waals surface area contributed by atoms with Crippen LogP contribution in [0.3, 0.4) is 0 Å². The summed E-state index contributed by atoms with van der Waals surface area (Å²) in [6, 6.07) is 9.39. The largest absolute Gasteiger partial charge is 0.507 e. The van der Waals surface area contributed by atoms with E-state index in [0.717, 1.165) is 17.8 Å². The monoisotopic (exact) mass is 498 g/mol. The molecule has 1 saturated heterocycles. The van der Waals surface area contributed by atoms with Crippen molar-refractivity contribution in [3.05, 3.63) is 68.4 Å². The molecule has 3 aromatic rings. The van der Waals surface area contributed by atoms with E-state index < -0.39 is 23.7 Å². The van der Waals surface area contributed by atoms with Gasteiger partial charge in [0.25, 0.3) is 5.78 Å². The fraction of sp³-hybridized carbons (Fsp3) is 0.250. The van der Waals surface area contributed by atoms with Crippen molar-refractivity contribution in [3.63, 3.8) is 0 Å². The van der Waals surface area contributed by atoms with Crippen LogP contribution in [0.4, 0.5) is 5.13 Å². The van der Waals surface area contributed by atoms with Gasteiger partial charge < -0.3 is 14.6 Å². The molecule has 1 amide bonds. The van der Waals surface area contributed by atoms with Crippen LogP contribution in [0.2, 0.25) is 0 Å². The Balaban J connectivity index is 1.81. The number of aliphatic hydroxyl groups excluding tert-OH is 1. The number of aliphatic hydroxyl groups is 1. The molecule has 1 aliphatic heterocycles. The number of nitrogens with zero attached hydrogens (tertiary/aromatic N) is 2. The molecule has 34 heavy (non-hydrogen) atoms.